The molecule has 59 heavy (non-hydrogen) atoms. The minimum atomic E-state index is -3.35. The molecule has 0 bridgehead atoms. The quantitative estimate of drug-likeness (QED) is 0.166. The standard InChI is InChI=1S/C55H38NOPS/c57-58(51-31-15-17-33-53(51)59(41-19-3-1-4-20-41,42-21-5-2-6-22-42)54-34-18-16-32-52(54)58)40-37-35-39(36-38-40)56-49-29-13-11-27-47(49)55(48-28-12-14-30-50(48)56)45-25-9-7-23-43(45)44-24-8-10-26-46(44)55/h1-38H. The maximum Gasteiger partial charge on any atom is 0.173 e. The molecular formula is C55H38NOPS. The van der Waals surface area contributed by atoms with Gasteiger partial charge in [0.15, 0.2) is 7.14 Å². The first-order chi connectivity index (χ1) is 29.2. The second kappa shape index (κ2) is 12.9. The van der Waals surface area contributed by atoms with Gasteiger partial charge >= 0.3 is 0 Å². The van der Waals surface area contributed by atoms with Crippen LogP contribution >= 0.6 is 17.2 Å². The van der Waals surface area contributed by atoms with E-state index in [-0.39, 0.29) is 0 Å². The number of rotatable bonds is 4. The predicted octanol–water partition coefficient (Wildman–Crippen LogP) is 13.1. The molecule has 0 amide bonds. The van der Waals surface area contributed by atoms with Gasteiger partial charge in [-0.25, -0.2) is 0 Å². The van der Waals surface area contributed by atoms with E-state index < -0.39 is 22.6 Å². The van der Waals surface area contributed by atoms with Crippen molar-refractivity contribution in [1.29, 1.82) is 0 Å². The Morgan fingerprint density at radius 3 is 1.25 bits per heavy atom. The number of hydrogen-bond acceptors (Lipinski definition) is 2. The lowest BCUT2D eigenvalue weighted by molar-refractivity contribution is 0.591. The Bertz CT molecular complexity index is 2970. The summed E-state index contributed by atoms with van der Waals surface area (Å²) in [6, 6.07) is 83.1. The molecule has 0 radical (unpaired) electrons. The summed E-state index contributed by atoms with van der Waals surface area (Å²) in [7, 11) is -5.33. The van der Waals surface area contributed by atoms with Gasteiger partial charge in [-0.15, -0.1) is 10.0 Å². The van der Waals surface area contributed by atoms with E-state index in [1.807, 2.05) is 0 Å². The SMILES string of the molecule is O=P1(c2ccc(N3c4ccccc4C4(c5ccccc5-c5ccccc54)c4ccccc43)cc2)c2ccccc2S(c2ccccc2)(c2ccccc2)c2ccccc21. The van der Waals surface area contributed by atoms with Crippen LogP contribution in [0, 0.1) is 0 Å². The van der Waals surface area contributed by atoms with Crippen LogP contribution in [0.25, 0.3) is 11.1 Å². The molecule has 0 saturated carbocycles. The highest BCUT2D eigenvalue weighted by Crippen LogP contribution is 2.77. The molecule has 2 heterocycles. The zero-order valence-electron chi connectivity index (χ0n) is 32.2. The van der Waals surface area contributed by atoms with Gasteiger partial charge in [0.2, 0.25) is 0 Å². The van der Waals surface area contributed by atoms with Crippen molar-refractivity contribution in [2.45, 2.75) is 25.0 Å². The molecular weight excluding hydrogens is 754 g/mol. The maximum atomic E-state index is 16.5. The molecule has 12 rings (SSSR count). The van der Waals surface area contributed by atoms with Crippen molar-refractivity contribution in [1.82, 2.24) is 0 Å². The first-order valence-corrected chi connectivity index (χ1v) is 23.5. The van der Waals surface area contributed by atoms with Crippen LogP contribution in [-0.2, 0) is 9.98 Å². The number of fused-ring (bicyclic) bond motifs is 11. The fourth-order valence-electron chi connectivity index (χ4n) is 10.5. The van der Waals surface area contributed by atoms with Crippen LogP contribution in [0.4, 0.5) is 17.1 Å². The lowest BCUT2D eigenvalue weighted by atomic mass is 9.64. The van der Waals surface area contributed by atoms with Gasteiger partial charge in [-0.05, 0) is 118 Å². The van der Waals surface area contributed by atoms with Gasteiger partial charge < -0.3 is 9.46 Å². The lowest BCUT2D eigenvalue weighted by Crippen LogP contribution is -2.36. The molecule has 2 aliphatic heterocycles. The van der Waals surface area contributed by atoms with Gasteiger partial charge in [-0.2, -0.15) is 0 Å². The number of benzene rings is 9. The summed E-state index contributed by atoms with van der Waals surface area (Å²) in [6.07, 6.45) is 0. The largest absolute Gasteiger partial charge is 0.310 e. The van der Waals surface area contributed by atoms with Crippen molar-refractivity contribution in [2.24, 2.45) is 0 Å². The predicted molar refractivity (Wildman–Crippen MR) is 245 cm³/mol. The topological polar surface area (TPSA) is 20.3 Å². The van der Waals surface area contributed by atoms with E-state index in [2.05, 4.69) is 235 Å². The summed E-state index contributed by atoms with van der Waals surface area (Å²) in [6.45, 7) is 0. The van der Waals surface area contributed by atoms with Crippen LogP contribution in [0.15, 0.2) is 250 Å². The Labute approximate surface area is 346 Å². The van der Waals surface area contributed by atoms with Gasteiger partial charge in [-0.3, -0.25) is 0 Å². The number of nitrogens with zero attached hydrogens (tertiary/aromatic N) is 1. The third-order valence-electron chi connectivity index (χ3n) is 12.8. The summed E-state index contributed by atoms with van der Waals surface area (Å²) >= 11 is 0. The molecule has 0 atom stereocenters. The Balaban J connectivity index is 1.06. The molecule has 0 unspecified atom stereocenters. The minimum absolute atomic E-state index is 0.469. The molecule has 280 valence electrons. The van der Waals surface area contributed by atoms with Crippen molar-refractivity contribution in [3.8, 4) is 11.1 Å². The minimum Gasteiger partial charge on any atom is -0.310 e. The summed E-state index contributed by atoms with van der Waals surface area (Å²) in [5, 5.41) is 2.68. The van der Waals surface area contributed by atoms with Crippen LogP contribution in [0.3, 0.4) is 0 Å². The first kappa shape index (κ1) is 34.4. The fourth-order valence-corrected chi connectivity index (χ4v) is 18.8. The number of hydrogen-bond donors (Lipinski definition) is 0. The van der Waals surface area contributed by atoms with Gasteiger partial charge in [0.05, 0.1) is 16.8 Å². The van der Waals surface area contributed by atoms with Crippen LogP contribution < -0.4 is 20.8 Å². The van der Waals surface area contributed by atoms with Crippen molar-refractivity contribution in [3.63, 3.8) is 0 Å². The lowest BCUT2D eigenvalue weighted by Gasteiger charge is -2.48. The van der Waals surface area contributed by atoms with E-state index >= 15 is 4.57 Å². The van der Waals surface area contributed by atoms with E-state index in [4.69, 9.17) is 0 Å². The summed E-state index contributed by atoms with van der Waals surface area (Å²) in [5.41, 5.74) is 10.6. The molecule has 4 heteroatoms. The Kier molecular flexibility index (Phi) is 7.54. The molecule has 2 nitrogen and oxygen atoms in total. The van der Waals surface area contributed by atoms with Crippen LogP contribution in [0.5, 0.6) is 0 Å². The molecule has 9 aromatic rings. The third kappa shape index (κ3) is 4.47. The average molecular weight is 792 g/mol. The monoisotopic (exact) mass is 791 g/mol. The highest BCUT2D eigenvalue weighted by atomic mass is 32.3. The molecule has 1 aliphatic carbocycles. The summed E-state index contributed by atoms with van der Waals surface area (Å²) in [5.74, 6) is 0. The molecule has 1 spiro atoms. The average Bonchev–Trinajstić information content (AvgIpc) is 3.61. The van der Waals surface area contributed by atoms with E-state index in [0.29, 0.717) is 0 Å². The highest BCUT2D eigenvalue weighted by Gasteiger charge is 2.52. The third-order valence-corrected chi connectivity index (χ3v) is 20.2. The second-order valence-electron chi connectivity index (χ2n) is 15.5. The molecule has 0 fully saturated rings. The van der Waals surface area contributed by atoms with Crippen molar-refractivity contribution < 1.29 is 4.57 Å². The Hall–Kier alpha value is -6.64. The zero-order valence-corrected chi connectivity index (χ0v) is 33.9. The summed E-state index contributed by atoms with van der Waals surface area (Å²) < 4.78 is 16.5. The molecule has 0 aromatic heterocycles. The zero-order chi connectivity index (χ0) is 39.2. The van der Waals surface area contributed by atoms with Crippen molar-refractivity contribution in [3.05, 3.63) is 253 Å². The Morgan fingerprint density at radius 1 is 0.373 bits per heavy atom. The normalized spacial score (nSPS) is 16.1. The maximum absolute atomic E-state index is 16.5. The molecule has 0 saturated heterocycles. The van der Waals surface area contributed by atoms with Crippen molar-refractivity contribution >= 4 is 50.1 Å². The van der Waals surface area contributed by atoms with E-state index in [1.54, 1.807) is 0 Å². The fraction of sp³-hybridized carbons (Fsp3) is 0.0182. The smallest absolute Gasteiger partial charge is 0.173 e. The summed E-state index contributed by atoms with van der Waals surface area (Å²) in [4.78, 5) is 7.16. The van der Waals surface area contributed by atoms with Gasteiger partial charge in [0.25, 0.3) is 0 Å². The number of para-hydroxylation sites is 2. The van der Waals surface area contributed by atoms with Gasteiger partial charge in [0.1, 0.15) is 0 Å². The van der Waals surface area contributed by atoms with Crippen LogP contribution in [0.2, 0.25) is 0 Å². The second-order valence-corrected chi connectivity index (χ2v) is 21.3. The van der Waals surface area contributed by atoms with E-state index in [1.165, 1.54) is 43.2 Å². The van der Waals surface area contributed by atoms with Gasteiger partial charge in [0, 0.05) is 41.2 Å². The van der Waals surface area contributed by atoms with Gasteiger partial charge in [-0.1, -0.05) is 146 Å². The molecule has 9 aromatic carbocycles. The van der Waals surface area contributed by atoms with Crippen LogP contribution in [0.1, 0.15) is 22.3 Å². The van der Waals surface area contributed by atoms with E-state index in [9.17, 15) is 0 Å². The first-order valence-electron chi connectivity index (χ1n) is 20.2. The van der Waals surface area contributed by atoms with Crippen LogP contribution in [-0.4, -0.2) is 0 Å². The Morgan fingerprint density at radius 2 is 0.763 bits per heavy atom. The number of anilines is 3. The highest BCUT2D eigenvalue weighted by molar-refractivity contribution is 8.34. The van der Waals surface area contributed by atoms with Crippen molar-refractivity contribution in [2.75, 3.05) is 4.90 Å². The van der Waals surface area contributed by atoms with E-state index in [0.717, 1.165) is 42.8 Å². The molecule has 3 aliphatic rings. The molecule has 0 N–H and O–H groups in total.